The molecule has 0 aliphatic carbocycles. The molecule has 0 unspecified atom stereocenters. The molecule has 1 rings (SSSR count). The van der Waals surface area contributed by atoms with Gasteiger partial charge in [0.05, 0.1) is 0 Å². The number of alkyl halides is 6. The summed E-state index contributed by atoms with van der Waals surface area (Å²) < 4.78 is 81.3. The zero-order valence-electron chi connectivity index (χ0n) is 12.2. The van der Waals surface area contributed by atoms with Crippen molar-refractivity contribution in [3.05, 3.63) is 28.8 Å². The number of hydrogen-bond acceptors (Lipinski definition) is 2. The van der Waals surface area contributed by atoms with Crippen molar-refractivity contribution in [1.29, 1.82) is 0 Å². The molecule has 0 spiro atoms. The number of ether oxygens (including phenoxy) is 1. The molecule has 0 saturated carbocycles. The van der Waals surface area contributed by atoms with Crippen LogP contribution in [-0.2, 0) is 4.79 Å². The molecule has 0 radical (unpaired) electrons. The molecule has 1 aromatic carbocycles. The minimum atomic E-state index is -5.82. The second-order valence-corrected chi connectivity index (χ2v) is 5.24. The third-order valence-corrected chi connectivity index (χ3v) is 3.34. The predicted molar refractivity (Wildman–Crippen MR) is 66.5 cm³/mol. The summed E-state index contributed by atoms with van der Waals surface area (Å²) in [6.07, 6.45) is -11.6. The SMILES string of the molecule is Cc1cc(C)c(OC(=O)C(C)(C(F)(F)F)C(F)(F)F)c(C)c1. The van der Waals surface area contributed by atoms with Crippen LogP contribution in [0.25, 0.3) is 0 Å². The standard InChI is InChI=1S/C14H14F6O2/c1-7-5-8(2)10(9(3)6-7)22-11(21)12(4,13(15,16)17)14(18,19)20/h5-6H,1-4H3. The van der Waals surface area contributed by atoms with E-state index in [9.17, 15) is 31.1 Å². The highest BCUT2D eigenvalue weighted by atomic mass is 19.4. The smallest absolute Gasteiger partial charge is 0.413 e. The van der Waals surface area contributed by atoms with Crippen LogP contribution in [0.1, 0.15) is 23.6 Å². The molecule has 0 bridgehead atoms. The molecule has 0 aliphatic rings. The molecule has 1 aromatic rings. The molecule has 2 nitrogen and oxygen atoms in total. The first kappa shape index (κ1) is 18.3. The largest absolute Gasteiger partial charge is 0.425 e. The molecule has 8 heteroatoms. The van der Waals surface area contributed by atoms with Crippen LogP contribution in [-0.4, -0.2) is 18.3 Å². The first-order valence-electron chi connectivity index (χ1n) is 6.15. The Morgan fingerprint density at radius 1 is 0.909 bits per heavy atom. The molecule has 0 aromatic heterocycles. The summed E-state index contributed by atoms with van der Waals surface area (Å²) in [4.78, 5) is 11.7. The summed E-state index contributed by atoms with van der Waals surface area (Å²) in [7, 11) is 0. The average Bonchev–Trinajstić information content (AvgIpc) is 2.29. The topological polar surface area (TPSA) is 26.3 Å². The van der Waals surface area contributed by atoms with E-state index in [1.165, 1.54) is 26.0 Å². The number of rotatable bonds is 2. The molecule has 0 aliphatic heterocycles. The minimum Gasteiger partial charge on any atom is -0.425 e. The Labute approximate surface area is 123 Å². The lowest BCUT2D eigenvalue weighted by Crippen LogP contribution is -2.55. The van der Waals surface area contributed by atoms with Crippen LogP contribution in [0.3, 0.4) is 0 Å². The van der Waals surface area contributed by atoms with E-state index in [1.807, 2.05) is 0 Å². The first-order valence-corrected chi connectivity index (χ1v) is 6.15. The van der Waals surface area contributed by atoms with Gasteiger partial charge in [0.2, 0.25) is 0 Å². The Bertz CT molecular complexity index is 549. The lowest BCUT2D eigenvalue weighted by atomic mass is 9.89. The van der Waals surface area contributed by atoms with E-state index in [-0.39, 0.29) is 23.8 Å². The second-order valence-electron chi connectivity index (χ2n) is 5.24. The van der Waals surface area contributed by atoms with Crippen LogP contribution >= 0.6 is 0 Å². The monoisotopic (exact) mass is 328 g/mol. The summed E-state index contributed by atoms with van der Waals surface area (Å²) in [5.74, 6) is -2.70. The first-order chi connectivity index (χ1) is 9.71. The fourth-order valence-electron chi connectivity index (χ4n) is 1.91. The lowest BCUT2D eigenvalue weighted by molar-refractivity contribution is -0.323. The zero-order valence-corrected chi connectivity index (χ0v) is 12.2. The number of halogens is 6. The van der Waals surface area contributed by atoms with Crippen LogP contribution in [0.2, 0.25) is 0 Å². The fourth-order valence-corrected chi connectivity index (χ4v) is 1.91. The molecule has 22 heavy (non-hydrogen) atoms. The van der Waals surface area contributed by atoms with Gasteiger partial charge in [-0.05, 0) is 38.8 Å². The molecule has 0 heterocycles. The molecule has 0 atom stereocenters. The number of hydrogen-bond donors (Lipinski definition) is 0. The van der Waals surface area contributed by atoms with Crippen LogP contribution in [0, 0.1) is 26.2 Å². The lowest BCUT2D eigenvalue weighted by Gasteiger charge is -2.31. The Hall–Kier alpha value is -1.73. The Morgan fingerprint density at radius 3 is 1.59 bits per heavy atom. The van der Waals surface area contributed by atoms with Gasteiger partial charge in [0.15, 0.2) is 0 Å². The summed E-state index contributed by atoms with van der Waals surface area (Å²) in [6, 6.07) is 2.99. The van der Waals surface area contributed by atoms with Gasteiger partial charge in [0.1, 0.15) is 5.75 Å². The summed E-state index contributed by atoms with van der Waals surface area (Å²) in [5.41, 5.74) is -3.30. The fraction of sp³-hybridized carbons (Fsp3) is 0.500. The number of carbonyl (C=O) groups excluding carboxylic acids is 1. The Balaban J connectivity index is 3.31. The molecular formula is C14H14F6O2. The number of benzene rings is 1. The van der Waals surface area contributed by atoms with Crippen molar-refractivity contribution in [2.45, 2.75) is 40.0 Å². The molecular weight excluding hydrogens is 314 g/mol. The predicted octanol–water partition coefficient (Wildman–Crippen LogP) is 4.65. The highest BCUT2D eigenvalue weighted by Crippen LogP contribution is 2.51. The van der Waals surface area contributed by atoms with E-state index in [2.05, 4.69) is 4.74 Å². The molecule has 0 saturated heterocycles. The van der Waals surface area contributed by atoms with E-state index in [4.69, 9.17) is 0 Å². The van der Waals surface area contributed by atoms with E-state index < -0.39 is 23.7 Å². The van der Waals surface area contributed by atoms with Crippen molar-refractivity contribution in [2.75, 3.05) is 0 Å². The highest BCUT2D eigenvalue weighted by Gasteiger charge is 2.73. The summed E-state index contributed by atoms with van der Waals surface area (Å²) >= 11 is 0. The van der Waals surface area contributed by atoms with Gasteiger partial charge < -0.3 is 4.74 Å². The van der Waals surface area contributed by atoms with E-state index >= 15 is 0 Å². The number of esters is 1. The third-order valence-electron chi connectivity index (χ3n) is 3.34. The van der Waals surface area contributed by atoms with Crippen molar-refractivity contribution in [3.63, 3.8) is 0 Å². The van der Waals surface area contributed by atoms with Crippen molar-refractivity contribution < 1.29 is 35.9 Å². The van der Waals surface area contributed by atoms with E-state index in [0.29, 0.717) is 0 Å². The molecule has 0 fully saturated rings. The quantitative estimate of drug-likeness (QED) is 0.449. The minimum absolute atomic E-state index is 0.228. The van der Waals surface area contributed by atoms with Crippen LogP contribution in [0.15, 0.2) is 12.1 Å². The summed E-state index contributed by atoms with van der Waals surface area (Å²) in [5, 5.41) is 0. The molecule has 0 N–H and O–H groups in total. The average molecular weight is 328 g/mol. The maximum atomic E-state index is 12.8. The number of carbonyl (C=O) groups is 1. The van der Waals surface area contributed by atoms with E-state index in [0.717, 1.165) is 5.56 Å². The van der Waals surface area contributed by atoms with Crippen molar-refractivity contribution in [2.24, 2.45) is 5.41 Å². The summed E-state index contributed by atoms with van der Waals surface area (Å²) in [6.45, 7) is 4.33. The molecule has 0 amide bonds. The zero-order chi connectivity index (χ0) is 17.5. The Morgan fingerprint density at radius 2 is 1.27 bits per heavy atom. The van der Waals surface area contributed by atoms with Gasteiger partial charge in [-0.25, -0.2) is 0 Å². The Kier molecular flexibility index (Phi) is 4.56. The van der Waals surface area contributed by atoms with Gasteiger partial charge in [-0.1, -0.05) is 17.7 Å². The second kappa shape index (κ2) is 5.48. The van der Waals surface area contributed by atoms with Crippen LogP contribution in [0.5, 0.6) is 5.75 Å². The maximum absolute atomic E-state index is 12.8. The van der Waals surface area contributed by atoms with Gasteiger partial charge in [0, 0.05) is 0 Å². The maximum Gasteiger partial charge on any atom is 0.413 e. The van der Waals surface area contributed by atoms with Crippen molar-refractivity contribution in [1.82, 2.24) is 0 Å². The van der Waals surface area contributed by atoms with Gasteiger partial charge in [-0.15, -0.1) is 0 Å². The van der Waals surface area contributed by atoms with Crippen molar-refractivity contribution in [3.8, 4) is 5.75 Å². The van der Waals surface area contributed by atoms with Crippen molar-refractivity contribution >= 4 is 5.97 Å². The molecule has 124 valence electrons. The number of aryl methyl sites for hydroxylation is 3. The van der Waals surface area contributed by atoms with Crippen LogP contribution < -0.4 is 4.74 Å². The third kappa shape index (κ3) is 3.05. The highest BCUT2D eigenvalue weighted by molar-refractivity contribution is 5.81. The van der Waals surface area contributed by atoms with Gasteiger partial charge in [0.25, 0.3) is 5.41 Å². The van der Waals surface area contributed by atoms with Gasteiger partial charge in [-0.2, -0.15) is 26.3 Å². The van der Waals surface area contributed by atoms with E-state index in [1.54, 1.807) is 6.92 Å². The van der Waals surface area contributed by atoms with Crippen LogP contribution in [0.4, 0.5) is 26.3 Å². The van der Waals surface area contributed by atoms with Gasteiger partial charge >= 0.3 is 18.3 Å². The van der Waals surface area contributed by atoms with Gasteiger partial charge in [-0.3, -0.25) is 4.79 Å². The normalized spacial score (nSPS) is 13.2.